The van der Waals surface area contributed by atoms with E-state index in [1.54, 1.807) is 0 Å². The van der Waals surface area contributed by atoms with Crippen LogP contribution in [0.1, 0.15) is 31.4 Å². The molecule has 6 heteroatoms. The summed E-state index contributed by atoms with van der Waals surface area (Å²) in [6.07, 6.45) is 10.9. The highest BCUT2D eigenvalue weighted by molar-refractivity contribution is 6.31. The molecule has 2 aromatic rings. The standard InChI is InChI=1S/C17H17ClN4O/c1-2-5-22-8-13-16(19-9-20-17(13)21-22)15-12-7-11(18)4-3-10(12)6-14(15)23/h3-4,7-10,12,15H,2,5-6H2,1H3. The molecule has 2 heterocycles. The average Bonchev–Trinajstić information content (AvgIpc) is 3.07. The Labute approximate surface area is 139 Å². The van der Waals surface area contributed by atoms with Crippen molar-refractivity contribution in [2.75, 3.05) is 0 Å². The molecular formula is C17H17ClN4O. The lowest BCUT2D eigenvalue weighted by molar-refractivity contribution is -0.118. The second kappa shape index (κ2) is 5.57. The molecule has 0 amide bonds. The number of aryl methyl sites for hydroxylation is 1. The summed E-state index contributed by atoms with van der Waals surface area (Å²) in [6.45, 7) is 2.93. The number of ketones is 1. The van der Waals surface area contributed by atoms with Crippen molar-refractivity contribution in [1.29, 1.82) is 0 Å². The first-order valence-corrected chi connectivity index (χ1v) is 8.31. The molecule has 0 spiro atoms. The Morgan fingerprint density at radius 3 is 3.09 bits per heavy atom. The van der Waals surface area contributed by atoms with Gasteiger partial charge in [0.25, 0.3) is 0 Å². The van der Waals surface area contributed by atoms with Crippen molar-refractivity contribution in [1.82, 2.24) is 19.7 Å². The Balaban J connectivity index is 1.82. The molecule has 1 fully saturated rings. The Bertz CT molecular complexity index is 838. The van der Waals surface area contributed by atoms with E-state index in [0.29, 0.717) is 17.1 Å². The van der Waals surface area contributed by atoms with Gasteiger partial charge in [0.1, 0.15) is 12.1 Å². The maximum atomic E-state index is 12.6. The summed E-state index contributed by atoms with van der Waals surface area (Å²) in [7, 11) is 0. The number of carbonyl (C=O) groups is 1. The third kappa shape index (κ3) is 2.39. The van der Waals surface area contributed by atoms with Crippen LogP contribution < -0.4 is 0 Å². The number of nitrogens with zero attached hydrogens (tertiary/aromatic N) is 4. The van der Waals surface area contributed by atoms with Crippen molar-refractivity contribution < 1.29 is 4.79 Å². The number of hydrogen-bond acceptors (Lipinski definition) is 4. The summed E-state index contributed by atoms with van der Waals surface area (Å²) in [5, 5.41) is 6.04. The number of fused-ring (bicyclic) bond motifs is 2. The SMILES string of the molecule is CCCn1cc2c(C3C(=O)CC4C=CC(Cl)=CC43)ncnc2n1. The van der Waals surface area contributed by atoms with Gasteiger partial charge < -0.3 is 0 Å². The van der Waals surface area contributed by atoms with Gasteiger partial charge in [-0.05, 0) is 18.4 Å². The fraction of sp³-hybridized carbons (Fsp3) is 0.412. The maximum absolute atomic E-state index is 12.6. The number of halogens is 1. The van der Waals surface area contributed by atoms with E-state index in [1.165, 1.54) is 6.33 Å². The van der Waals surface area contributed by atoms with Crippen LogP contribution in [0.2, 0.25) is 0 Å². The monoisotopic (exact) mass is 328 g/mol. The zero-order chi connectivity index (χ0) is 16.0. The number of Topliss-reactive ketones (excluding diaryl/α,β-unsaturated/α-hetero) is 1. The average molecular weight is 329 g/mol. The molecular weight excluding hydrogens is 312 g/mol. The van der Waals surface area contributed by atoms with Crippen molar-refractivity contribution in [3.05, 3.63) is 41.5 Å². The third-order valence-electron chi connectivity index (χ3n) is 4.66. The van der Waals surface area contributed by atoms with Gasteiger partial charge in [0.15, 0.2) is 5.65 Å². The summed E-state index contributed by atoms with van der Waals surface area (Å²) >= 11 is 6.16. The zero-order valence-corrected chi connectivity index (χ0v) is 13.6. The molecule has 5 nitrogen and oxygen atoms in total. The molecule has 2 aliphatic rings. The normalized spacial score (nSPS) is 26.6. The van der Waals surface area contributed by atoms with Crippen LogP contribution in [0, 0.1) is 11.8 Å². The molecule has 0 N–H and O–H groups in total. The van der Waals surface area contributed by atoms with E-state index in [1.807, 2.05) is 29.1 Å². The Morgan fingerprint density at radius 2 is 2.26 bits per heavy atom. The third-order valence-corrected chi connectivity index (χ3v) is 4.91. The van der Waals surface area contributed by atoms with Crippen molar-refractivity contribution in [2.45, 2.75) is 32.2 Å². The molecule has 1 saturated carbocycles. The number of hydrogen-bond donors (Lipinski definition) is 0. The Morgan fingerprint density at radius 1 is 1.39 bits per heavy atom. The summed E-state index contributed by atoms with van der Waals surface area (Å²) in [4.78, 5) is 21.3. The highest BCUT2D eigenvalue weighted by Gasteiger charge is 2.43. The number of carbonyl (C=O) groups excluding carboxylic acids is 1. The van der Waals surface area contributed by atoms with E-state index in [-0.39, 0.29) is 23.5 Å². The molecule has 2 aromatic heterocycles. The molecule has 0 aromatic carbocycles. The van der Waals surface area contributed by atoms with E-state index < -0.39 is 0 Å². The van der Waals surface area contributed by atoms with Crippen molar-refractivity contribution in [2.24, 2.45) is 11.8 Å². The minimum atomic E-state index is -0.261. The number of rotatable bonds is 3. The van der Waals surface area contributed by atoms with E-state index in [2.05, 4.69) is 22.0 Å². The highest BCUT2D eigenvalue weighted by Crippen LogP contribution is 2.46. The molecule has 0 saturated heterocycles. The van der Waals surface area contributed by atoms with Gasteiger partial charge in [-0.3, -0.25) is 9.48 Å². The lowest BCUT2D eigenvalue weighted by atomic mass is 9.84. The molecule has 0 aliphatic heterocycles. The summed E-state index contributed by atoms with van der Waals surface area (Å²) in [5.41, 5.74) is 1.44. The molecule has 23 heavy (non-hydrogen) atoms. The van der Waals surface area contributed by atoms with E-state index in [4.69, 9.17) is 11.6 Å². The van der Waals surface area contributed by atoms with Gasteiger partial charge in [0, 0.05) is 30.1 Å². The van der Waals surface area contributed by atoms with Crippen LogP contribution in [0.15, 0.2) is 35.8 Å². The summed E-state index contributed by atoms with van der Waals surface area (Å²) in [6, 6.07) is 0. The lowest BCUT2D eigenvalue weighted by Crippen LogP contribution is -2.16. The Kier molecular flexibility index (Phi) is 3.53. The predicted molar refractivity (Wildman–Crippen MR) is 88.0 cm³/mol. The molecule has 0 bridgehead atoms. The fourth-order valence-electron chi connectivity index (χ4n) is 3.66. The first kappa shape index (κ1) is 14.6. The summed E-state index contributed by atoms with van der Waals surface area (Å²) < 4.78 is 1.88. The number of allylic oxidation sites excluding steroid dienone is 4. The van der Waals surface area contributed by atoms with E-state index in [9.17, 15) is 4.79 Å². The van der Waals surface area contributed by atoms with Gasteiger partial charge >= 0.3 is 0 Å². The minimum Gasteiger partial charge on any atom is -0.299 e. The maximum Gasteiger partial charge on any atom is 0.184 e. The lowest BCUT2D eigenvalue weighted by Gasteiger charge is -2.21. The van der Waals surface area contributed by atoms with Crippen molar-refractivity contribution in [3.63, 3.8) is 0 Å². The van der Waals surface area contributed by atoms with Crippen LogP contribution in [-0.4, -0.2) is 25.5 Å². The first-order chi connectivity index (χ1) is 11.2. The highest BCUT2D eigenvalue weighted by atomic mass is 35.5. The van der Waals surface area contributed by atoms with Gasteiger partial charge in [-0.15, -0.1) is 0 Å². The minimum absolute atomic E-state index is 0.0765. The summed E-state index contributed by atoms with van der Waals surface area (Å²) in [5.74, 6) is 0.248. The predicted octanol–water partition coefficient (Wildman–Crippen LogP) is 3.22. The molecule has 0 radical (unpaired) electrons. The van der Waals surface area contributed by atoms with Crippen LogP contribution in [0.4, 0.5) is 0 Å². The van der Waals surface area contributed by atoms with Crippen molar-refractivity contribution >= 4 is 28.4 Å². The largest absolute Gasteiger partial charge is 0.299 e. The van der Waals surface area contributed by atoms with Gasteiger partial charge in [0.2, 0.25) is 0 Å². The molecule has 118 valence electrons. The van der Waals surface area contributed by atoms with Crippen LogP contribution in [0.25, 0.3) is 11.0 Å². The smallest absolute Gasteiger partial charge is 0.184 e. The van der Waals surface area contributed by atoms with E-state index in [0.717, 1.165) is 24.0 Å². The van der Waals surface area contributed by atoms with Gasteiger partial charge in [-0.1, -0.05) is 30.7 Å². The van der Waals surface area contributed by atoms with Crippen molar-refractivity contribution in [3.8, 4) is 0 Å². The molecule has 4 rings (SSSR count). The van der Waals surface area contributed by atoms with Crippen LogP contribution in [0.5, 0.6) is 0 Å². The first-order valence-electron chi connectivity index (χ1n) is 7.93. The van der Waals surface area contributed by atoms with Gasteiger partial charge in [-0.2, -0.15) is 5.10 Å². The topological polar surface area (TPSA) is 60.7 Å². The second-order valence-electron chi connectivity index (χ2n) is 6.19. The van der Waals surface area contributed by atoms with Crippen LogP contribution in [-0.2, 0) is 11.3 Å². The van der Waals surface area contributed by atoms with Crippen LogP contribution >= 0.6 is 11.6 Å². The van der Waals surface area contributed by atoms with Gasteiger partial charge in [-0.25, -0.2) is 9.97 Å². The Hall–Kier alpha value is -2.01. The number of aromatic nitrogens is 4. The second-order valence-corrected chi connectivity index (χ2v) is 6.62. The zero-order valence-electron chi connectivity index (χ0n) is 12.8. The van der Waals surface area contributed by atoms with Crippen LogP contribution in [0.3, 0.4) is 0 Å². The molecule has 2 aliphatic carbocycles. The molecule has 3 atom stereocenters. The fourth-order valence-corrected chi connectivity index (χ4v) is 3.88. The molecule has 3 unspecified atom stereocenters. The quantitative estimate of drug-likeness (QED) is 0.868. The van der Waals surface area contributed by atoms with E-state index >= 15 is 0 Å². The van der Waals surface area contributed by atoms with Gasteiger partial charge in [0.05, 0.1) is 17.0 Å².